The van der Waals surface area contributed by atoms with Gasteiger partial charge < -0.3 is 9.73 Å². The molecule has 1 N–H and O–H groups in total. The number of aromatic nitrogens is 2. The van der Waals surface area contributed by atoms with Crippen LogP contribution in [0.1, 0.15) is 30.4 Å². The second kappa shape index (κ2) is 8.82. The van der Waals surface area contributed by atoms with E-state index in [4.69, 9.17) is 4.42 Å². The zero-order valence-corrected chi connectivity index (χ0v) is 15.5. The normalized spacial score (nSPS) is 10.8. The zero-order valence-electron chi connectivity index (χ0n) is 13.9. The summed E-state index contributed by atoms with van der Waals surface area (Å²) in [7, 11) is 0. The van der Waals surface area contributed by atoms with Crippen LogP contribution in [-0.2, 0) is 23.4 Å². The third kappa shape index (κ3) is 5.44. The predicted octanol–water partition coefficient (Wildman–Crippen LogP) is 4.56. The van der Waals surface area contributed by atoms with Gasteiger partial charge in [0.25, 0.3) is 0 Å². The third-order valence-corrected chi connectivity index (χ3v) is 5.57. The van der Waals surface area contributed by atoms with E-state index < -0.39 is 0 Å². The predicted molar refractivity (Wildman–Crippen MR) is 101 cm³/mol. The van der Waals surface area contributed by atoms with Crippen molar-refractivity contribution in [2.24, 2.45) is 0 Å². The maximum Gasteiger partial charge on any atom is 0.226 e. The van der Waals surface area contributed by atoms with Crippen molar-refractivity contribution in [3.63, 3.8) is 0 Å². The molecular formula is C18H19N3O2S2. The van der Waals surface area contributed by atoms with Gasteiger partial charge in [-0.2, -0.15) is 0 Å². The van der Waals surface area contributed by atoms with Crippen molar-refractivity contribution in [3.05, 3.63) is 59.5 Å². The van der Waals surface area contributed by atoms with Crippen molar-refractivity contribution in [1.82, 2.24) is 10.2 Å². The minimum atomic E-state index is -0.0785. The van der Waals surface area contributed by atoms with E-state index in [-0.39, 0.29) is 5.91 Å². The van der Waals surface area contributed by atoms with Crippen LogP contribution in [0.5, 0.6) is 0 Å². The first kappa shape index (κ1) is 17.7. The highest BCUT2D eigenvalue weighted by molar-refractivity contribution is 8.00. The van der Waals surface area contributed by atoms with E-state index >= 15 is 0 Å². The van der Waals surface area contributed by atoms with Crippen LogP contribution in [0.4, 0.5) is 5.13 Å². The number of aryl methyl sites for hydroxylation is 2. The fourth-order valence-electron chi connectivity index (χ4n) is 2.20. The Balaban J connectivity index is 1.44. The van der Waals surface area contributed by atoms with Crippen LogP contribution in [0.2, 0.25) is 0 Å². The van der Waals surface area contributed by atoms with Crippen LogP contribution in [0.15, 0.2) is 51.2 Å². The number of rotatable bonds is 8. The first-order valence-corrected chi connectivity index (χ1v) is 9.91. The van der Waals surface area contributed by atoms with E-state index in [1.54, 1.807) is 11.8 Å². The van der Waals surface area contributed by atoms with Crippen molar-refractivity contribution < 1.29 is 9.21 Å². The summed E-state index contributed by atoms with van der Waals surface area (Å²) in [6.07, 6.45) is 1.81. The summed E-state index contributed by atoms with van der Waals surface area (Å²) in [4.78, 5) is 12.0. The Labute approximate surface area is 154 Å². The van der Waals surface area contributed by atoms with Crippen molar-refractivity contribution in [2.75, 3.05) is 5.32 Å². The van der Waals surface area contributed by atoms with Crippen molar-refractivity contribution in [1.29, 1.82) is 0 Å². The molecule has 25 heavy (non-hydrogen) atoms. The summed E-state index contributed by atoms with van der Waals surface area (Å²) in [6.45, 7) is 2.04. The van der Waals surface area contributed by atoms with Gasteiger partial charge in [-0.25, -0.2) is 0 Å². The first-order valence-electron chi connectivity index (χ1n) is 8.10. The van der Waals surface area contributed by atoms with Gasteiger partial charge in [-0.1, -0.05) is 60.4 Å². The van der Waals surface area contributed by atoms with E-state index in [1.165, 1.54) is 16.9 Å². The lowest BCUT2D eigenvalue weighted by Crippen LogP contribution is -2.11. The van der Waals surface area contributed by atoms with Crippen LogP contribution >= 0.6 is 23.1 Å². The molecule has 3 rings (SSSR count). The average Bonchev–Trinajstić information content (AvgIpc) is 3.28. The number of carbonyl (C=O) groups excluding carboxylic acids is 1. The number of anilines is 1. The summed E-state index contributed by atoms with van der Waals surface area (Å²) < 4.78 is 6.45. The lowest BCUT2D eigenvalue weighted by atomic mass is 10.2. The SMILES string of the molecule is CCc1ccc(CCC(=O)Nc2nnc(SCc3ccccc3)s2)o1. The highest BCUT2D eigenvalue weighted by Gasteiger charge is 2.10. The largest absolute Gasteiger partial charge is 0.466 e. The van der Waals surface area contributed by atoms with E-state index in [0.717, 1.165) is 28.0 Å². The lowest BCUT2D eigenvalue weighted by molar-refractivity contribution is -0.116. The molecule has 0 bridgehead atoms. The standard InChI is InChI=1S/C18H19N3O2S2/c1-2-14-8-9-15(23-14)10-11-16(22)19-17-20-21-18(25-17)24-12-13-6-4-3-5-7-13/h3-9H,2,10-12H2,1H3,(H,19,20,22). The lowest BCUT2D eigenvalue weighted by Gasteiger charge is -1.99. The van der Waals surface area contributed by atoms with E-state index in [2.05, 4.69) is 27.6 Å². The number of nitrogens with one attached hydrogen (secondary N) is 1. The van der Waals surface area contributed by atoms with Gasteiger partial charge in [0.15, 0.2) is 4.34 Å². The average molecular weight is 374 g/mol. The highest BCUT2D eigenvalue weighted by Crippen LogP contribution is 2.28. The molecule has 3 aromatic rings. The van der Waals surface area contributed by atoms with Crippen LogP contribution in [0.25, 0.3) is 0 Å². The molecule has 0 fully saturated rings. The number of hydrogen-bond acceptors (Lipinski definition) is 6. The fraction of sp³-hybridized carbons (Fsp3) is 0.278. The van der Waals surface area contributed by atoms with E-state index in [9.17, 15) is 4.79 Å². The summed E-state index contributed by atoms with van der Waals surface area (Å²) >= 11 is 3.01. The smallest absolute Gasteiger partial charge is 0.226 e. The quantitative estimate of drug-likeness (QED) is 0.463. The molecule has 2 heterocycles. The minimum Gasteiger partial charge on any atom is -0.466 e. The summed E-state index contributed by atoms with van der Waals surface area (Å²) in [5, 5.41) is 11.5. The Bertz CT molecular complexity index is 815. The number of furan rings is 1. The van der Waals surface area contributed by atoms with Gasteiger partial charge in [-0.15, -0.1) is 10.2 Å². The molecule has 1 aromatic carbocycles. The Hall–Kier alpha value is -2.12. The van der Waals surface area contributed by atoms with Gasteiger partial charge in [0.05, 0.1) is 0 Å². The number of hydrogen-bond donors (Lipinski definition) is 1. The number of carbonyl (C=O) groups is 1. The van der Waals surface area contributed by atoms with E-state index in [1.807, 2.05) is 37.3 Å². The molecule has 130 valence electrons. The molecule has 1 amide bonds. The monoisotopic (exact) mass is 373 g/mol. The van der Waals surface area contributed by atoms with Crippen LogP contribution in [0, 0.1) is 0 Å². The maximum atomic E-state index is 12.0. The van der Waals surface area contributed by atoms with Gasteiger partial charge in [-0.3, -0.25) is 4.79 Å². The van der Waals surface area contributed by atoms with Gasteiger partial charge in [0.1, 0.15) is 11.5 Å². The summed E-state index contributed by atoms with van der Waals surface area (Å²) in [5.41, 5.74) is 1.23. The second-order valence-corrected chi connectivity index (χ2v) is 7.62. The summed E-state index contributed by atoms with van der Waals surface area (Å²) in [5.74, 6) is 2.54. The van der Waals surface area contributed by atoms with Crippen LogP contribution < -0.4 is 5.32 Å². The second-order valence-electron chi connectivity index (χ2n) is 5.42. The summed E-state index contributed by atoms with van der Waals surface area (Å²) in [6, 6.07) is 14.1. The van der Waals surface area contributed by atoms with Crippen molar-refractivity contribution >= 4 is 34.1 Å². The molecular weight excluding hydrogens is 354 g/mol. The molecule has 0 aliphatic carbocycles. The van der Waals surface area contributed by atoms with Gasteiger partial charge in [-0.05, 0) is 17.7 Å². The zero-order chi connectivity index (χ0) is 17.5. The molecule has 0 saturated carbocycles. The maximum absolute atomic E-state index is 12.0. The Morgan fingerprint density at radius 1 is 1.16 bits per heavy atom. The van der Waals surface area contributed by atoms with Gasteiger partial charge in [0, 0.05) is 25.0 Å². The Morgan fingerprint density at radius 2 is 1.96 bits per heavy atom. The molecule has 0 aliphatic heterocycles. The number of nitrogens with zero attached hydrogens (tertiary/aromatic N) is 2. The molecule has 0 saturated heterocycles. The molecule has 2 aromatic heterocycles. The number of amides is 1. The number of benzene rings is 1. The molecule has 0 unspecified atom stereocenters. The molecule has 0 aliphatic rings. The Kier molecular flexibility index (Phi) is 6.25. The third-order valence-electron chi connectivity index (χ3n) is 3.52. The van der Waals surface area contributed by atoms with Crippen molar-refractivity contribution in [3.8, 4) is 0 Å². The van der Waals surface area contributed by atoms with Gasteiger partial charge >= 0.3 is 0 Å². The highest BCUT2D eigenvalue weighted by atomic mass is 32.2. The molecule has 7 heteroatoms. The Morgan fingerprint density at radius 3 is 2.72 bits per heavy atom. The first-order chi connectivity index (χ1) is 12.2. The number of thioether (sulfide) groups is 1. The molecule has 0 spiro atoms. The van der Waals surface area contributed by atoms with E-state index in [0.29, 0.717) is 18.0 Å². The van der Waals surface area contributed by atoms with Crippen LogP contribution in [0.3, 0.4) is 0 Å². The minimum absolute atomic E-state index is 0.0785. The molecule has 0 atom stereocenters. The molecule has 0 radical (unpaired) electrons. The van der Waals surface area contributed by atoms with Crippen molar-refractivity contribution in [2.45, 2.75) is 36.3 Å². The van der Waals surface area contributed by atoms with Crippen LogP contribution in [-0.4, -0.2) is 16.1 Å². The fourth-order valence-corrected chi connectivity index (χ4v) is 3.93. The topological polar surface area (TPSA) is 68.0 Å². The van der Waals surface area contributed by atoms with Gasteiger partial charge in [0.2, 0.25) is 11.0 Å². The molecule has 5 nitrogen and oxygen atoms in total.